The molecule has 0 aromatic heterocycles. The fourth-order valence-electron chi connectivity index (χ4n) is 0.994. The second-order valence-electron chi connectivity index (χ2n) is 2.68. The first kappa shape index (κ1) is 12.3. The monoisotopic (exact) mass is 250 g/mol. The van der Waals surface area contributed by atoms with Gasteiger partial charge in [-0.25, -0.2) is 0 Å². The SMILES string of the molecule is O=S(=O)(O)c1c[c]c(Cl)cc1NCCO. The molecule has 1 rings (SSSR count). The van der Waals surface area contributed by atoms with Crippen molar-refractivity contribution < 1.29 is 18.1 Å². The Morgan fingerprint density at radius 1 is 1.53 bits per heavy atom. The molecule has 0 saturated heterocycles. The molecule has 7 heteroatoms. The molecule has 0 atom stereocenters. The zero-order valence-electron chi connectivity index (χ0n) is 7.57. The molecule has 0 heterocycles. The number of hydrogen-bond acceptors (Lipinski definition) is 4. The summed E-state index contributed by atoms with van der Waals surface area (Å²) in [5.74, 6) is 0. The molecule has 1 radical (unpaired) electrons. The van der Waals surface area contributed by atoms with Gasteiger partial charge in [-0.1, -0.05) is 11.6 Å². The van der Waals surface area contributed by atoms with Crippen LogP contribution in [-0.2, 0) is 10.1 Å². The molecule has 83 valence electrons. The van der Waals surface area contributed by atoms with Crippen LogP contribution in [0.1, 0.15) is 0 Å². The summed E-state index contributed by atoms with van der Waals surface area (Å²) in [7, 11) is -4.31. The lowest BCUT2D eigenvalue weighted by Crippen LogP contribution is -2.10. The molecule has 0 bridgehead atoms. The molecular weight excluding hydrogens is 242 g/mol. The van der Waals surface area contributed by atoms with Gasteiger partial charge in [-0.05, 0) is 12.1 Å². The highest BCUT2D eigenvalue weighted by Gasteiger charge is 2.15. The van der Waals surface area contributed by atoms with E-state index in [2.05, 4.69) is 11.4 Å². The van der Waals surface area contributed by atoms with E-state index in [9.17, 15) is 8.42 Å². The van der Waals surface area contributed by atoms with Gasteiger partial charge in [-0.3, -0.25) is 4.55 Å². The van der Waals surface area contributed by atoms with Crippen molar-refractivity contribution in [1.29, 1.82) is 0 Å². The van der Waals surface area contributed by atoms with E-state index in [0.29, 0.717) is 0 Å². The van der Waals surface area contributed by atoms with Crippen LogP contribution in [0.5, 0.6) is 0 Å². The third kappa shape index (κ3) is 3.35. The first-order valence-electron chi connectivity index (χ1n) is 3.98. The van der Waals surface area contributed by atoms with Crippen molar-refractivity contribution in [2.45, 2.75) is 4.90 Å². The predicted octanol–water partition coefficient (Wildman–Crippen LogP) is 0.791. The van der Waals surface area contributed by atoms with Gasteiger partial charge in [0, 0.05) is 12.6 Å². The Bertz CT molecular complexity index is 446. The lowest BCUT2D eigenvalue weighted by Gasteiger charge is -2.08. The van der Waals surface area contributed by atoms with Crippen molar-refractivity contribution in [2.75, 3.05) is 18.5 Å². The second-order valence-corrected chi connectivity index (χ2v) is 4.48. The summed E-state index contributed by atoms with van der Waals surface area (Å²) in [6.45, 7) is -0.00991. The number of aliphatic hydroxyl groups is 1. The van der Waals surface area contributed by atoms with E-state index in [1.165, 1.54) is 6.07 Å². The number of anilines is 1. The van der Waals surface area contributed by atoms with E-state index in [0.717, 1.165) is 6.07 Å². The van der Waals surface area contributed by atoms with Crippen molar-refractivity contribution >= 4 is 27.4 Å². The van der Waals surface area contributed by atoms with E-state index in [1.54, 1.807) is 0 Å². The standard InChI is InChI=1S/C8H9ClNO4S/c9-6-1-2-8(15(12,13)14)7(5-6)10-3-4-11/h2,5,10-11H,3-4H2,(H,12,13,14). The Hall–Kier alpha value is -0.820. The average molecular weight is 251 g/mol. The number of nitrogens with one attached hydrogen (secondary N) is 1. The molecule has 0 amide bonds. The number of hydrogen-bond donors (Lipinski definition) is 3. The minimum Gasteiger partial charge on any atom is -0.395 e. The average Bonchev–Trinajstić information content (AvgIpc) is 2.12. The third-order valence-corrected chi connectivity index (χ3v) is 2.69. The van der Waals surface area contributed by atoms with Crippen LogP contribution in [0.25, 0.3) is 0 Å². The predicted molar refractivity (Wildman–Crippen MR) is 55.7 cm³/mol. The topological polar surface area (TPSA) is 86.6 Å². The first-order chi connectivity index (χ1) is 6.95. The number of aliphatic hydroxyl groups excluding tert-OH is 1. The molecule has 0 aliphatic rings. The van der Waals surface area contributed by atoms with Crippen LogP contribution >= 0.6 is 11.6 Å². The van der Waals surface area contributed by atoms with Crippen LogP contribution in [0.3, 0.4) is 0 Å². The van der Waals surface area contributed by atoms with Crippen LogP contribution in [0, 0.1) is 6.07 Å². The maximum atomic E-state index is 10.9. The Labute approximate surface area is 92.4 Å². The molecule has 15 heavy (non-hydrogen) atoms. The molecule has 1 aromatic rings. The minimum atomic E-state index is -4.31. The van der Waals surface area contributed by atoms with Crippen molar-refractivity contribution in [3.63, 3.8) is 0 Å². The van der Waals surface area contributed by atoms with Crippen LogP contribution in [0.4, 0.5) is 5.69 Å². The number of benzene rings is 1. The summed E-state index contributed by atoms with van der Waals surface area (Å²) in [5.41, 5.74) is 0.135. The maximum absolute atomic E-state index is 10.9. The summed E-state index contributed by atoms with van der Waals surface area (Å²) in [6, 6.07) is 4.82. The van der Waals surface area contributed by atoms with Crippen molar-refractivity contribution in [2.24, 2.45) is 0 Å². The van der Waals surface area contributed by atoms with Gasteiger partial charge in [-0.15, -0.1) is 0 Å². The van der Waals surface area contributed by atoms with E-state index in [1.807, 2.05) is 0 Å². The third-order valence-electron chi connectivity index (χ3n) is 1.58. The van der Waals surface area contributed by atoms with E-state index >= 15 is 0 Å². The van der Waals surface area contributed by atoms with Crippen molar-refractivity contribution in [1.82, 2.24) is 0 Å². The maximum Gasteiger partial charge on any atom is 0.296 e. The highest BCUT2D eigenvalue weighted by Crippen LogP contribution is 2.24. The zero-order valence-corrected chi connectivity index (χ0v) is 9.14. The fourth-order valence-corrected chi connectivity index (χ4v) is 1.77. The Kier molecular flexibility index (Phi) is 3.92. The van der Waals surface area contributed by atoms with Crippen LogP contribution in [0.2, 0.25) is 5.02 Å². The van der Waals surface area contributed by atoms with Crippen LogP contribution in [-0.4, -0.2) is 31.2 Å². The number of rotatable bonds is 4. The van der Waals surface area contributed by atoms with Gasteiger partial charge in [0.15, 0.2) is 0 Å². The van der Waals surface area contributed by atoms with Gasteiger partial charge in [0.25, 0.3) is 10.1 Å². The van der Waals surface area contributed by atoms with Gasteiger partial charge in [-0.2, -0.15) is 8.42 Å². The summed E-state index contributed by atoms with van der Waals surface area (Å²) in [5, 5.41) is 11.4. The van der Waals surface area contributed by atoms with Crippen LogP contribution in [0.15, 0.2) is 17.0 Å². The fraction of sp³-hybridized carbons (Fsp3) is 0.250. The Morgan fingerprint density at radius 2 is 2.20 bits per heavy atom. The zero-order chi connectivity index (χ0) is 11.5. The second kappa shape index (κ2) is 4.80. The van der Waals surface area contributed by atoms with Gasteiger partial charge in [0.2, 0.25) is 0 Å². The summed E-state index contributed by atoms with van der Waals surface area (Å²) >= 11 is 5.61. The molecule has 0 unspecified atom stereocenters. The molecule has 0 fully saturated rings. The minimum absolute atomic E-state index is 0.135. The van der Waals surface area contributed by atoms with Gasteiger partial charge < -0.3 is 10.4 Å². The van der Waals surface area contributed by atoms with E-state index < -0.39 is 10.1 Å². The molecular formula is C8H9ClNO4S. The molecule has 0 aliphatic heterocycles. The first-order valence-corrected chi connectivity index (χ1v) is 5.80. The van der Waals surface area contributed by atoms with Crippen molar-refractivity contribution in [3.05, 3.63) is 23.2 Å². The Morgan fingerprint density at radius 3 is 2.73 bits per heavy atom. The van der Waals surface area contributed by atoms with Crippen molar-refractivity contribution in [3.8, 4) is 0 Å². The number of halogens is 1. The Balaban J connectivity index is 3.15. The highest BCUT2D eigenvalue weighted by atomic mass is 35.5. The smallest absolute Gasteiger partial charge is 0.296 e. The van der Waals surface area contributed by atoms with Gasteiger partial charge in [0.1, 0.15) is 4.90 Å². The van der Waals surface area contributed by atoms with E-state index in [4.69, 9.17) is 21.3 Å². The quantitative estimate of drug-likeness (QED) is 0.688. The summed E-state index contributed by atoms with van der Waals surface area (Å²) in [6.07, 6.45) is 0. The summed E-state index contributed by atoms with van der Waals surface area (Å²) < 4.78 is 30.7. The highest BCUT2D eigenvalue weighted by molar-refractivity contribution is 7.86. The molecule has 3 N–H and O–H groups in total. The van der Waals surface area contributed by atoms with Gasteiger partial charge in [0.05, 0.1) is 17.3 Å². The lowest BCUT2D eigenvalue weighted by atomic mass is 10.3. The normalized spacial score (nSPS) is 11.4. The largest absolute Gasteiger partial charge is 0.395 e. The van der Waals surface area contributed by atoms with Crippen LogP contribution < -0.4 is 5.32 Å². The molecule has 0 saturated carbocycles. The molecule has 0 spiro atoms. The summed E-state index contributed by atoms with van der Waals surface area (Å²) in [4.78, 5) is -0.319. The molecule has 5 nitrogen and oxygen atoms in total. The lowest BCUT2D eigenvalue weighted by molar-refractivity contribution is 0.311. The molecule has 0 aliphatic carbocycles. The van der Waals surface area contributed by atoms with Gasteiger partial charge >= 0.3 is 0 Å². The molecule has 1 aromatic carbocycles. The van der Waals surface area contributed by atoms with E-state index in [-0.39, 0.29) is 28.8 Å².